The average Bonchev–Trinajstić information content (AvgIpc) is 2.93. The lowest BCUT2D eigenvalue weighted by Gasteiger charge is -2.25. The maximum Gasteiger partial charge on any atom is 0.193 e. The van der Waals surface area contributed by atoms with Crippen LogP contribution in [0.4, 0.5) is 0 Å². The summed E-state index contributed by atoms with van der Waals surface area (Å²) in [5, 5.41) is 3.48. The molecule has 3 rings (SSSR count). The Balaban J connectivity index is 0.00000161. The van der Waals surface area contributed by atoms with Crippen molar-refractivity contribution in [1.29, 1.82) is 0 Å². The molecule has 1 N–H and O–H groups in total. The molecule has 3 aliphatic rings. The molecule has 0 aromatic heterocycles. The van der Waals surface area contributed by atoms with E-state index in [2.05, 4.69) is 41.1 Å². The molecular formula is C16H29IN4. The molecule has 0 aromatic carbocycles. The number of likely N-dealkylation sites (tertiary alicyclic amines) is 1. The highest BCUT2D eigenvalue weighted by Crippen LogP contribution is 2.45. The van der Waals surface area contributed by atoms with Crippen LogP contribution in [0, 0.1) is 5.41 Å². The van der Waals surface area contributed by atoms with Gasteiger partial charge in [0.25, 0.3) is 0 Å². The van der Waals surface area contributed by atoms with Crippen molar-refractivity contribution in [3.8, 4) is 0 Å². The third kappa shape index (κ3) is 4.34. The lowest BCUT2D eigenvalue weighted by Crippen LogP contribution is -2.43. The molecule has 21 heavy (non-hydrogen) atoms. The second-order valence-electron chi connectivity index (χ2n) is 6.79. The Labute approximate surface area is 146 Å². The molecule has 1 atom stereocenters. The third-order valence-corrected chi connectivity index (χ3v) is 4.87. The first kappa shape index (κ1) is 17.1. The Morgan fingerprint density at radius 2 is 2.05 bits per heavy atom. The van der Waals surface area contributed by atoms with Crippen molar-refractivity contribution >= 4 is 29.9 Å². The van der Waals surface area contributed by atoms with Crippen LogP contribution in [0.3, 0.4) is 0 Å². The predicted molar refractivity (Wildman–Crippen MR) is 99.4 cm³/mol. The zero-order valence-electron chi connectivity index (χ0n) is 13.3. The van der Waals surface area contributed by atoms with Gasteiger partial charge in [-0.2, -0.15) is 0 Å². The van der Waals surface area contributed by atoms with Gasteiger partial charge in [0.05, 0.1) is 0 Å². The van der Waals surface area contributed by atoms with Crippen LogP contribution in [0.2, 0.25) is 0 Å². The van der Waals surface area contributed by atoms with Crippen LogP contribution < -0.4 is 5.32 Å². The fourth-order valence-corrected chi connectivity index (χ4v) is 3.09. The number of aliphatic imine (C=N–C) groups is 1. The summed E-state index contributed by atoms with van der Waals surface area (Å²) < 4.78 is 0. The summed E-state index contributed by atoms with van der Waals surface area (Å²) in [6, 6.07) is 0.699. The van der Waals surface area contributed by atoms with E-state index < -0.39 is 0 Å². The number of halogens is 1. The van der Waals surface area contributed by atoms with Crippen molar-refractivity contribution in [1.82, 2.24) is 15.1 Å². The maximum atomic E-state index is 4.89. The predicted octanol–water partition coefficient (Wildman–Crippen LogP) is 2.32. The summed E-state index contributed by atoms with van der Waals surface area (Å²) in [5.74, 6) is 1.13. The number of rotatable bonds is 4. The van der Waals surface area contributed by atoms with Crippen LogP contribution >= 0.6 is 24.0 Å². The Morgan fingerprint density at radius 3 is 2.67 bits per heavy atom. The molecule has 4 nitrogen and oxygen atoms in total. The minimum absolute atomic E-state index is 0. The van der Waals surface area contributed by atoms with Crippen molar-refractivity contribution in [2.75, 3.05) is 39.3 Å². The average molecular weight is 404 g/mol. The van der Waals surface area contributed by atoms with Crippen molar-refractivity contribution in [2.45, 2.75) is 39.2 Å². The van der Waals surface area contributed by atoms with E-state index in [1.54, 1.807) is 0 Å². The third-order valence-electron chi connectivity index (χ3n) is 4.87. The van der Waals surface area contributed by atoms with Gasteiger partial charge in [-0.15, -0.1) is 24.0 Å². The van der Waals surface area contributed by atoms with E-state index in [-0.39, 0.29) is 24.0 Å². The van der Waals surface area contributed by atoms with Crippen molar-refractivity contribution in [3.63, 3.8) is 0 Å². The monoisotopic (exact) mass is 404 g/mol. The largest absolute Gasteiger partial charge is 0.357 e. The number of hydrogen-bond acceptors (Lipinski definition) is 2. The SMILES string of the molecule is CCNC(=NCC1(C)CC1)N1CCC(N2CC=CC2)C1.I. The molecule has 0 bridgehead atoms. The van der Waals surface area contributed by atoms with Gasteiger partial charge in [-0.1, -0.05) is 19.1 Å². The van der Waals surface area contributed by atoms with Crippen LogP contribution in [0.15, 0.2) is 17.1 Å². The molecule has 2 fully saturated rings. The Hall–Kier alpha value is -0.300. The number of hydrogen-bond donors (Lipinski definition) is 1. The standard InChI is InChI=1S/C16H28N4.HI/c1-3-17-15(18-13-16(2)7-8-16)20-11-6-14(12-20)19-9-4-5-10-19;/h4-5,14H,3,6-13H2,1-2H3,(H,17,18);1H. The van der Waals surface area contributed by atoms with E-state index >= 15 is 0 Å². The first-order valence-corrected chi connectivity index (χ1v) is 8.12. The van der Waals surface area contributed by atoms with Crippen LogP contribution in [0.5, 0.6) is 0 Å². The summed E-state index contributed by atoms with van der Waals surface area (Å²) in [6.45, 7) is 11.0. The summed E-state index contributed by atoms with van der Waals surface area (Å²) in [5.41, 5.74) is 0.499. The molecule has 0 amide bonds. The van der Waals surface area contributed by atoms with E-state index in [9.17, 15) is 0 Å². The molecule has 1 saturated heterocycles. The lowest BCUT2D eigenvalue weighted by atomic mass is 10.1. The summed E-state index contributed by atoms with van der Waals surface area (Å²) >= 11 is 0. The van der Waals surface area contributed by atoms with Crippen molar-refractivity contribution < 1.29 is 0 Å². The van der Waals surface area contributed by atoms with E-state index in [4.69, 9.17) is 4.99 Å². The first-order valence-electron chi connectivity index (χ1n) is 8.12. The molecule has 0 spiro atoms. The summed E-state index contributed by atoms with van der Waals surface area (Å²) in [7, 11) is 0. The molecule has 1 aliphatic carbocycles. The first-order chi connectivity index (χ1) is 9.70. The second kappa shape index (κ2) is 7.31. The van der Waals surface area contributed by atoms with E-state index in [1.165, 1.54) is 19.3 Å². The molecule has 2 aliphatic heterocycles. The van der Waals surface area contributed by atoms with E-state index in [0.717, 1.165) is 45.2 Å². The van der Waals surface area contributed by atoms with E-state index in [1.807, 2.05) is 0 Å². The van der Waals surface area contributed by atoms with E-state index in [0.29, 0.717) is 11.5 Å². The van der Waals surface area contributed by atoms with Crippen LogP contribution in [0.1, 0.15) is 33.1 Å². The zero-order chi connectivity index (χ0) is 14.0. The Bertz CT molecular complexity index is 395. The van der Waals surface area contributed by atoms with Crippen LogP contribution in [-0.4, -0.2) is 61.1 Å². The van der Waals surface area contributed by atoms with Gasteiger partial charge in [-0.3, -0.25) is 9.89 Å². The van der Waals surface area contributed by atoms with Gasteiger partial charge < -0.3 is 10.2 Å². The minimum atomic E-state index is 0. The minimum Gasteiger partial charge on any atom is -0.357 e. The van der Waals surface area contributed by atoms with Gasteiger partial charge in [-0.05, 0) is 31.6 Å². The molecule has 5 heteroatoms. The van der Waals surface area contributed by atoms with Gasteiger partial charge in [0.1, 0.15) is 0 Å². The smallest absolute Gasteiger partial charge is 0.193 e. The molecule has 1 unspecified atom stereocenters. The maximum absolute atomic E-state index is 4.89. The Morgan fingerprint density at radius 1 is 1.33 bits per heavy atom. The van der Waals surface area contributed by atoms with Gasteiger partial charge in [0.2, 0.25) is 0 Å². The second-order valence-corrected chi connectivity index (χ2v) is 6.79. The Kier molecular flexibility index (Phi) is 5.94. The molecule has 0 aromatic rings. The van der Waals surface area contributed by atoms with Gasteiger partial charge >= 0.3 is 0 Å². The molecule has 120 valence electrons. The molecular weight excluding hydrogens is 375 g/mol. The molecule has 0 radical (unpaired) electrons. The zero-order valence-corrected chi connectivity index (χ0v) is 15.7. The highest BCUT2D eigenvalue weighted by molar-refractivity contribution is 14.0. The summed E-state index contributed by atoms with van der Waals surface area (Å²) in [4.78, 5) is 9.92. The number of nitrogens with one attached hydrogen (secondary N) is 1. The fraction of sp³-hybridized carbons (Fsp3) is 0.812. The highest BCUT2D eigenvalue weighted by atomic mass is 127. The quantitative estimate of drug-likeness (QED) is 0.338. The highest BCUT2D eigenvalue weighted by Gasteiger charge is 2.37. The van der Waals surface area contributed by atoms with Crippen LogP contribution in [-0.2, 0) is 0 Å². The van der Waals surface area contributed by atoms with Gasteiger partial charge in [0, 0.05) is 45.3 Å². The summed E-state index contributed by atoms with van der Waals surface area (Å²) in [6.07, 6.45) is 8.53. The number of guanidine groups is 1. The van der Waals surface area contributed by atoms with Gasteiger partial charge in [0.15, 0.2) is 5.96 Å². The lowest BCUT2D eigenvalue weighted by molar-refractivity contribution is 0.259. The normalized spacial score (nSPS) is 27.8. The molecule has 2 heterocycles. The van der Waals surface area contributed by atoms with Crippen molar-refractivity contribution in [3.05, 3.63) is 12.2 Å². The fourth-order valence-electron chi connectivity index (χ4n) is 3.09. The molecule has 1 saturated carbocycles. The van der Waals surface area contributed by atoms with Crippen LogP contribution in [0.25, 0.3) is 0 Å². The topological polar surface area (TPSA) is 30.9 Å². The van der Waals surface area contributed by atoms with Crippen molar-refractivity contribution in [2.24, 2.45) is 10.4 Å². The van der Waals surface area contributed by atoms with Gasteiger partial charge in [-0.25, -0.2) is 0 Å². The number of nitrogens with zero attached hydrogens (tertiary/aromatic N) is 3.